The Bertz CT molecular complexity index is 4030. The monoisotopic (exact) mass is 981 g/mol. The fourth-order valence-electron chi connectivity index (χ4n) is 13.3. The van der Waals surface area contributed by atoms with Crippen molar-refractivity contribution in [2.24, 2.45) is 5.92 Å². The first-order valence-electron chi connectivity index (χ1n) is 27.9. The molecule has 75 heavy (non-hydrogen) atoms. The highest BCUT2D eigenvalue weighted by Gasteiger charge is 2.28. The van der Waals surface area contributed by atoms with E-state index in [0.717, 1.165) is 73.0 Å². The Morgan fingerprint density at radius 1 is 0.427 bits per heavy atom. The van der Waals surface area contributed by atoms with Crippen molar-refractivity contribution in [2.75, 3.05) is 9.80 Å². The third-order valence-corrected chi connectivity index (χ3v) is 17.8. The highest BCUT2D eigenvalue weighted by molar-refractivity contribution is 6.28. The van der Waals surface area contributed by atoms with Gasteiger partial charge in [0.15, 0.2) is 11.2 Å². The summed E-state index contributed by atoms with van der Waals surface area (Å²) in [5.74, 6) is 2.13. The largest absolute Gasteiger partial charge is 0.459 e. The van der Waals surface area contributed by atoms with Crippen LogP contribution in [0.15, 0.2) is 154 Å². The van der Waals surface area contributed by atoms with E-state index in [4.69, 9.17) is 8.83 Å². The van der Waals surface area contributed by atoms with Crippen LogP contribution in [0.5, 0.6) is 0 Å². The van der Waals surface area contributed by atoms with Crippen molar-refractivity contribution in [3.05, 3.63) is 196 Å². The van der Waals surface area contributed by atoms with E-state index in [-0.39, 0.29) is 0 Å². The molecule has 13 rings (SSSR count). The van der Waals surface area contributed by atoms with Gasteiger partial charge in [-0.3, -0.25) is 0 Å². The summed E-state index contributed by atoms with van der Waals surface area (Å²) in [6, 6.07) is 48.4. The molecule has 0 atom stereocenters. The third-order valence-electron chi connectivity index (χ3n) is 17.8. The van der Waals surface area contributed by atoms with Crippen molar-refractivity contribution >= 4 is 105 Å². The van der Waals surface area contributed by atoms with Gasteiger partial charge in [0.05, 0.1) is 22.7 Å². The van der Waals surface area contributed by atoms with Crippen molar-refractivity contribution in [3.8, 4) is 0 Å². The third kappa shape index (κ3) is 8.02. The molecule has 374 valence electrons. The summed E-state index contributed by atoms with van der Waals surface area (Å²) < 4.78 is 14.2. The van der Waals surface area contributed by atoms with E-state index in [1.165, 1.54) is 141 Å². The summed E-state index contributed by atoms with van der Waals surface area (Å²) in [7, 11) is 0. The number of allylic oxidation sites excluding steroid dienone is 3. The number of rotatable bonds is 10. The van der Waals surface area contributed by atoms with Gasteiger partial charge in [-0.05, 0) is 195 Å². The van der Waals surface area contributed by atoms with Crippen LogP contribution in [0.2, 0.25) is 0 Å². The molecule has 2 saturated carbocycles. The summed E-state index contributed by atoms with van der Waals surface area (Å²) in [6.45, 7) is 15.5. The minimum atomic E-state index is 0.524. The van der Waals surface area contributed by atoms with Crippen molar-refractivity contribution in [1.29, 1.82) is 0 Å². The van der Waals surface area contributed by atoms with Crippen LogP contribution in [0.25, 0.3) is 71.3 Å². The first-order valence-corrected chi connectivity index (χ1v) is 27.9. The predicted octanol–water partition coefficient (Wildman–Crippen LogP) is 21.5. The standard InChI is InChI=1S/C71H68N2O2/c1-43-39-54(40-44(2)47(43)5)72(65-29-17-27-58-56(49(7)74-70(58)65)24-15-14-21-50-19-10-8-11-20-50)63-37-33-52-32-36-62-64(38-34-53-31-35-61(63)67(52)68(53)62)73(55-41-45(3)48(6)46(4)42-55)66-30-18-28-60-59-26-16-25-57(69(59)75-71(60)66)51-22-12-9-13-23-51/h14-18,21,24-42,50-51H,8-13,19-20,22-23H2,1-7H3/b21-14+,24-15-. The normalized spacial score (nSPS) is 15.2. The zero-order valence-corrected chi connectivity index (χ0v) is 44.9. The Morgan fingerprint density at radius 2 is 0.907 bits per heavy atom. The molecule has 4 nitrogen and oxygen atoms in total. The van der Waals surface area contributed by atoms with Crippen molar-refractivity contribution < 1.29 is 8.83 Å². The van der Waals surface area contributed by atoms with Crippen LogP contribution in [-0.4, -0.2) is 0 Å². The second-order valence-electron chi connectivity index (χ2n) is 22.4. The molecular weight excluding hydrogens is 913 g/mol. The summed E-state index contributed by atoms with van der Waals surface area (Å²) in [5.41, 5.74) is 19.6. The van der Waals surface area contributed by atoms with E-state index in [1.54, 1.807) is 0 Å². The predicted molar refractivity (Wildman–Crippen MR) is 320 cm³/mol. The van der Waals surface area contributed by atoms with Gasteiger partial charge >= 0.3 is 0 Å². The number of para-hydroxylation sites is 3. The van der Waals surface area contributed by atoms with E-state index < -0.39 is 0 Å². The van der Waals surface area contributed by atoms with E-state index in [9.17, 15) is 0 Å². The molecule has 2 fully saturated rings. The molecule has 9 aromatic carbocycles. The molecule has 2 heterocycles. The number of hydrogen-bond acceptors (Lipinski definition) is 4. The van der Waals surface area contributed by atoms with Gasteiger partial charge in [0, 0.05) is 43.9 Å². The maximum absolute atomic E-state index is 7.28. The number of nitrogens with zero attached hydrogens (tertiary/aromatic N) is 2. The molecule has 2 aliphatic rings. The van der Waals surface area contributed by atoms with Gasteiger partial charge in [0.1, 0.15) is 11.3 Å². The number of benzene rings is 9. The van der Waals surface area contributed by atoms with Gasteiger partial charge in [-0.15, -0.1) is 0 Å². The van der Waals surface area contributed by atoms with Gasteiger partial charge < -0.3 is 18.6 Å². The first kappa shape index (κ1) is 47.2. The van der Waals surface area contributed by atoms with Gasteiger partial charge in [-0.1, -0.05) is 142 Å². The topological polar surface area (TPSA) is 32.8 Å². The lowest BCUT2D eigenvalue weighted by atomic mass is 9.83. The molecule has 11 aromatic rings. The molecule has 0 aliphatic heterocycles. The van der Waals surface area contributed by atoms with Crippen molar-refractivity contribution in [2.45, 2.75) is 119 Å². The zero-order chi connectivity index (χ0) is 51.1. The minimum absolute atomic E-state index is 0.524. The number of hydrogen-bond donors (Lipinski definition) is 0. The molecule has 4 heteroatoms. The average molecular weight is 981 g/mol. The second-order valence-corrected chi connectivity index (χ2v) is 22.4. The summed E-state index contributed by atoms with van der Waals surface area (Å²) in [5, 5.41) is 10.8. The van der Waals surface area contributed by atoms with Gasteiger partial charge in [0.25, 0.3) is 0 Å². The molecule has 0 saturated heterocycles. The molecule has 0 N–H and O–H groups in total. The first-order chi connectivity index (χ1) is 36.6. The van der Waals surface area contributed by atoms with Crippen LogP contribution in [0, 0.1) is 54.4 Å². The van der Waals surface area contributed by atoms with Crippen molar-refractivity contribution in [3.63, 3.8) is 0 Å². The summed E-state index contributed by atoms with van der Waals surface area (Å²) in [4.78, 5) is 4.95. The Balaban J connectivity index is 1.02. The van der Waals surface area contributed by atoms with Crippen LogP contribution in [0.4, 0.5) is 34.1 Å². The summed E-state index contributed by atoms with van der Waals surface area (Å²) >= 11 is 0. The maximum atomic E-state index is 7.28. The smallest absolute Gasteiger partial charge is 0.159 e. The number of fused-ring (bicyclic) bond motifs is 4. The molecule has 2 aromatic heterocycles. The van der Waals surface area contributed by atoms with Gasteiger partial charge in [-0.25, -0.2) is 0 Å². The quantitative estimate of drug-likeness (QED) is 0.101. The Labute approximate surface area is 442 Å². The van der Waals surface area contributed by atoms with E-state index in [1.807, 2.05) is 0 Å². The lowest BCUT2D eigenvalue weighted by Crippen LogP contribution is -2.13. The van der Waals surface area contributed by atoms with Crippen LogP contribution in [0.1, 0.15) is 120 Å². The Morgan fingerprint density at radius 3 is 1.47 bits per heavy atom. The Kier molecular flexibility index (Phi) is 11.9. The highest BCUT2D eigenvalue weighted by Crippen LogP contribution is 2.51. The molecule has 2 aliphatic carbocycles. The van der Waals surface area contributed by atoms with E-state index in [2.05, 4.69) is 210 Å². The van der Waals surface area contributed by atoms with Crippen LogP contribution >= 0.6 is 0 Å². The lowest BCUT2D eigenvalue weighted by Gasteiger charge is -2.30. The molecule has 0 bridgehead atoms. The molecule has 0 unspecified atom stereocenters. The van der Waals surface area contributed by atoms with Crippen molar-refractivity contribution in [1.82, 2.24) is 0 Å². The highest BCUT2D eigenvalue weighted by atomic mass is 16.3. The number of anilines is 6. The maximum Gasteiger partial charge on any atom is 0.159 e. The fourth-order valence-corrected chi connectivity index (χ4v) is 13.3. The zero-order valence-electron chi connectivity index (χ0n) is 44.9. The van der Waals surface area contributed by atoms with Crippen LogP contribution in [0.3, 0.4) is 0 Å². The molecule has 0 amide bonds. The van der Waals surface area contributed by atoms with E-state index in [0.29, 0.717) is 11.8 Å². The van der Waals surface area contributed by atoms with Crippen LogP contribution in [-0.2, 0) is 0 Å². The van der Waals surface area contributed by atoms with Gasteiger partial charge in [-0.2, -0.15) is 0 Å². The SMILES string of the molecule is Cc1cc(N(c2ccc3ccc4c(N(c5cc(C)c(C)c(C)c5)c5cccc6c5oc5c(C7CCCCC7)cccc56)ccc5ccc2c3c54)c2cccc3c(/C=C\C=C\C4CCCCC4)c(C)oc23)cc(C)c1C. The molecule has 0 spiro atoms. The molecule has 0 radical (unpaired) electrons. The minimum Gasteiger partial charge on any atom is -0.459 e. The lowest BCUT2D eigenvalue weighted by molar-refractivity contribution is 0.419. The van der Waals surface area contributed by atoms with E-state index >= 15 is 0 Å². The average Bonchev–Trinajstić information content (AvgIpc) is 4.06. The number of aryl methyl sites for hydroxylation is 5. The molecular formula is C71H68N2O2. The Hall–Kier alpha value is -7.56. The number of furan rings is 2. The van der Waals surface area contributed by atoms with Gasteiger partial charge in [0.2, 0.25) is 0 Å². The second kappa shape index (κ2) is 19.0. The summed E-state index contributed by atoms with van der Waals surface area (Å²) in [6.07, 6.45) is 22.1. The van der Waals surface area contributed by atoms with Crippen LogP contribution < -0.4 is 9.80 Å². The fraction of sp³-hybridized carbons (Fsp3) is 0.268.